The highest BCUT2D eigenvalue weighted by Crippen LogP contribution is 2.48. The van der Waals surface area contributed by atoms with Crippen LogP contribution in [0.4, 0.5) is 0 Å². The molecule has 2 saturated carbocycles. The predicted molar refractivity (Wildman–Crippen MR) is 76.5 cm³/mol. The second-order valence-corrected chi connectivity index (χ2v) is 6.64. The summed E-state index contributed by atoms with van der Waals surface area (Å²) in [7, 11) is 0. The van der Waals surface area contributed by atoms with Crippen LogP contribution in [-0.4, -0.2) is 19.7 Å². The fraction of sp³-hybridized carbons (Fsp3) is 0.647. The standard InChI is InChI=1S/C17H23NO/c1-2-4-17-16(3-1)15(11-19-17)10-18-9-14-8-12-5-6-13(14)7-12/h1-4,12-15,18H,5-11H2. The summed E-state index contributed by atoms with van der Waals surface area (Å²) >= 11 is 0. The molecule has 4 unspecified atom stereocenters. The molecule has 1 aliphatic heterocycles. The van der Waals surface area contributed by atoms with E-state index in [4.69, 9.17) is 4.74 Å². The Morgan fingerprint density at radius 1 is 1.11 bits per heavy atom. The first-order chi connectivity index (χ1) is 9.40. The zero-order valence-electron chi connectivity index (χ0n) is 11.5. The fourth-order valence-electron chi connectivity index (χ4n) is 4.47. The third-order valence-corrected chi connectivity index (χ3v) is 5.48. The van der Waals surface area contributed by atoms with Crippen LogP contribution in [0.25, 0.3) is 0 Å². The summed E-state index contributed by atoms with van der Waals surface area (Å²) < 4.78 is 5.74. The quantitative estimate of drug-likeness (QED) is 0.894. The number of hydrogen-bond donors (Lipinski definition) is 1. The molecule has 1 aromatic rings. The number of benzene rings is 1. The number of rotatable bonds is 4. The molecule has 2 aliphatic carbocycles. The molecule has 1 aromatic carbocycles. The van der Waals surface area contributed by atoms with E-state index in [2.05, 4.69) is 29.6 Å². The van der Waals surface area contributed by atoms with Crippen molar-refractivity contribution in [1.29, 1.82) is 0 Å². The lowest BCUT2D eigenvalue weighted by Gasteiger charge is -2.22. The van der Waals surface area contributed by atoms with Gasteiger partial charge >= 0.3 is 0 Å². The van der Waals surface area contributed by atoms with Crippen LogP contribution in [0.2, 0.25) is 0 Å². The predicted octanol–water partition coefficient (Wildman–Crippen LogP) is 3.19. The van der Waals surface area contributed by atoms with E-state index < -0.39 is 0 Å². The van der Waals surface area contributed by atoms with E-state index >= 15 is 0 Å². The molecule has 2 nitrogen and oxygen atoms in total. The van der Waals surface area contributed by atoms with Crippen molar-refractivity contribution in [3.05, 3.63) is 29.8 Å². The van der Waals surface area contributed by atoms with Crippen molar-refractivity contribution in [1.82, 2.24) is 5.32 Å². The van der Waals surface area contributed by atoms with Gasteiger partial charge in [0.05, 0.1) is 6.61 Å². The first kappa shape index (κ1) is 11.8. The lowest BCUT2D eigenvalue weighted by molar-refractivity contribution is 0.300. The molecule has 0 spiro atoms. The lowest BCUT2D eigenvalue weighted by atomic mass is 9.88. The first-order valence-corrected chi connectivity index (χ1v) is 7.82. The third-order valence-electron chi connectivity index (χ3n) is 5.48. The molecular formula is C17H23NO. The number of para-hydroxylation sites is 1. The Morgan fingerprint density at radius 3 is 2.89 bits per heavy atom. The molecule has 1 N–H and O–H groups in total. The fourth-order valence-corrected chi connectivity index (χ4v) is 4.47. The molecule has 0 radical (unpaired) electrons. The van der Waals surface area contributed by atoms with Crippen molar-refractivity contribution < 1.29 is 4.74 Å². The Bertz CT molecular complexity index is 458. The van der Waals surface area contributed by atoms with Gasteiger partial charge in [0.15, 0.2) is 0 Å². The van der Waals surface area contributed by atoms with Crippen LogP contribution in [0, 0.1) is 17.8 Å². The maximum Gasteiger partial charge on any atom is 0.122 e. The second kappa shape index (κ2) is 4.82. The molecule has 0 aromatic heterocycles. The summed E-state index contributed by atoms with van der Waals surface area (Å²) in [4.78, 5) is 0. The van der Waals surface area contributed by atoms with Gasteiger partial charge in [-0.2, -0.15) is 0 Å². The molecule has 4 rings (SSSR count). The van der Waals surface area contributed by atoms with Gasteiger partial charge < -0.3 is 10.1 Å². The molecule has 19 heavy (non-hydrogen) atoms. The minimum Gasteiger partial charge on any atom is -0.493 e. The molecule has 3 aliphatic rings. The van der Waals surface area contributed by atoms with Crippen LogP contribution in [0.1, 0.15) is 37.2 Å². The average molecular weight is 257 g/mol. The number of fused-ring (bicyclic) bond motifs is 3. The minimum absolute atomic E-state index is 0.551. The molecule has 2 fully saturated rings. The van der Waals surface area contributed by atoms with E-state index in [1.165, 1.54) is 37.8 Å². The van der Waals surface area contributed by atoms with Gasteiger partial charge in [0.25, 0.3) is 0 Å². The van der Waals surface area contributed by atoms with Gasteiger partial charge in [-0.25, -0.2) is 0 Å². The SMILES string of the molecule is c1ccc2c(c1)OCC2CNCC1CC2CCC1C2. The molecule has 2 bridgehead atoms. The largest absolute Gasteiger partial charge is 0.493 e. The van der Waals surface area contributed by atoms with E-state index in [9.17, 15) is 0 Å². The first-order valence-electron chi connectivity index (χ1n) is 7.82. The van der Waals surface area contributed by atoms with Crippen LogP contribution in [0.5, 0.6) is 5.75 Å². The molecule has 102 valence electrons. The second-order valence-electron chi connectivity index (χ2n) is 6.64. The molecule has 1 heterocycles. The maximum absolute atomic E-state index is 5.74. The zero-order chi connectivity index (χ0) is 12.7. The summed E-state index contributed by atoms with van der Waals surface area (Å²) in [5.74, 6) is 4.69. The summed E-state index contributed by atoms with van der Waals surface area (Å²) in [6, 6.07) is 8.48. The average Bonchev–Trinajstić information content (AvgIpc) is 3.14. The molecule has 0 saturated heterocycles. The van der Waals surface area contributed by atoms with E-state index in [0.717, 1.165) is 36.7 Å². The molecule has 4 atom stereocenters. The van der Waals surface area contributed by atoms with Crippen molar-refractivity contribution in [2.45, 2.75) is 31.6 Å². The van der Waals surface area contributed by atoms with Gasteiger partial charge in [0, 0.05) is 18.0 Å². The topological polar surface area (TPSA) is 21.3 Å². The Morgan fingerprint density at radius 2 is 2.05 bits per heavy atom. The Labute approximate surface area is 115 Å². The van der Waals surface area contributed by atoms with Crippen molar-refractivity contribution in [3.8, 4) is 5.75 Å². The van der Waals surface area contributed by atoms with Gasteiger partial charge in [-0.1, -0.05) is 24.6 Å². The van der Waals surface area contributed by atoms with Crippen molar-refractivity contribution in [2.75, 3.05) is 19.7 Å². The zero-order valence-corrected chi connectivity index (χ0v) is 11.5. The summed E-state index contributed by atoms with van der Waals surface area (Å²) in [6.07, 6.45) is 5.99. The van der Waals surface area contributed by atoms with Crippen molar-refractivity contribution >= 4 is 0 Å². The monoisotopic (exact) mass is 257 g/mol. The summed E-state index contributed by atoms with van der Waals surface area (Å²) in [5.41, 5.74) is 1.39. The Kier molecular flexibility index (Phi) is 2.99. The minimum atomic E-state index is 0.551. The lowest BCUT2D eigenvalue weighted by Crippen LogP contribution is -2.30. The van der Waals surface area contributed by atoms with E-state index in [1.807, 2.05) is 0 Å². The third kappa shape index (κ3) is 2.16. The summed E-state index contributed by atoms with van der Waals surface area (Å²) in [6.45, 7) is 3.15. The van der Waals surface area contributed by atoms with Gasteiger partial charge in [-0.3, -0.25) is 0 Å². The Balaban J connectivity index is 1.30. The van der Waals surface area contributed by atoms with E-state index in [-0.39, 0.29) is 0 Å². The maximum atomic E-state index is 5.74. The Hall–Kier alpha value is -1.02. The highest BCUT2D eigenvalue weighted by molar-refractivity contribution is 5.39. The van der Waals surface area contributed by atoms with Crippen LogP contribution >= 0.6 is 0 Å². The molecular weight excluding hydrogens is 234 g/mol. The highest BCUT2D eigenvalue weighted by Gasteiger charge is 2.39. The molecule has 0 amide bonds. The van der Waals surface area contributed by atoms with Crippen LogP contribution < -0.4 is 10.1 Å². The van der Waals surface area contributed by atoms with Crippen molar-refractivity contribution in [3.63, 3.8) is 0 Å². The van der Waals surface area contributed by atoms with E-state index in [0.29, 0.717) is 5.92 Å². The number of nitrogens with one attached hydrogen (secondary N) is 1. The van der Waals surface area contributed by atoms with Gasteiger partial charge in [0.1, 0.15) is 5.75 Å². The highest BCUT2D eigenvalue weighted by atomic mass is 16.5. The number of hydrogen-bond acceptors (Lipinski definition) is 2. The smallest absolute Gasteiger partial charge is 0.122 e. The van der Waals surface area contributed by atoms with Gasteiger partial charge in [-0.05, 0) is 49.6 Å². The van der Waals surface area contributed by atoms with Gasteiger partial charge in [-0.15, -0.1) is 0 Å². The van der Waals surface area contributed by atoms with Crippen molar-refractivity contribution in [2.24, 2.45) is 17.8 Å². The summed E-state index contributed by atoms with van der Waals surface area (Å²) in [5, 5.41) is 3.72. The normalized spacial score (nSPS) is 35.4. The number of ether oxygens (including phenoxy) is 1. The van der Waals surface area contributed by atoms with Crippen LogP contribution in [0.3, 0.4) is 0 Å². The molecule has 2 heteroatoms. The van der Waals surface area contributed by atoms with Gasteiger partial charge in [0.2, 0.25) is 0 Å². The van der Waals surface area contributed by atoms with E-state index in [1.54, 1.807) is 0 Å². The van der Waals surface area contributed by atoms with Crippen LogP contribution in [0.15, 0.2) is 24.3 Å². The van der Waals surface area contributed by atoms with Crippen LogP contribution in [-0.2, 0) is 0 Å².